The van der Waals surface area contributed by atoms with E-state index in [-0.39, 0.29) is 5.82 Å². The van der Waals surface area contributed by atoms with Gasteiger partial charge in [0.25, 0.3) is 0 Å². The van der Waals surface area contributed by atoms with Gasteiger partial charge in [0, 0.05) is 31.4 Å². The second kappa shape index (κ2) is 5.13. The SMILES string of the molecule is COC(=O)c1nccc(NC2CCN(C3CC3)C2)n1. The van der Waals surface area contributed by atoms with Crippen LogP contribution in [0, 0.1) is 0 Å². The Hall–Kier alpha value is -1.69. The van der Waals surface area contributed by atoms with Gasteiger partial charge in [0.1, 0.15) is 5.82 Å². The molecule has 1 saturated heterocycles. The van der Waals surface area contributed by atoms with Crippen molar-refractivity contribution < 1.29 is 9.53 Å². The Kier molecular flexibility index (Phi) is 3.33. The number of nitrogens with zero attached hydrogens (tertiary/aromatic N) is 3. The van der Waals surface area contributed by atoms with Crippen LogP contribution in [0.5, 0.6) is 0 Å². The summed E-state index contributed by atoms with van der Waals surface area (Å²) < 4.78 is 4.62. The Morgan fingerprint density at radius 3 is 3.05 bits per heavy atom. The van der Waals surface area contributed by atoms with Crippen molar-refractivity contribution in [1.82, 2.24) is 14.9 Å². The highest BCUT2D eigenvalue weighted by Gasteiger charge is 2.34. The second-order valence-corrected chi connectivity index (χ2v) is 5.11. The topological polar surface area (TPSA) is 67.3 Å². The molecule has 1 atom stereocenters. The van der Waals surface area contributed by atoms with Gasteiger partial charge in [0.05, 0.1) is 7.11 Å². The summed E-state index contributed by atoms with van der Waals surface area (Å²) >= 11 is 0. The fourth-order valence-corrected chi connectivity index (χ4v) is 2.51. The molecule has 0 amide bonds. The van der Waals surface area contributed by atoms with Gasteiger partial charge in [0.2, 0.25) is 5.82 Å². The molecule has 2 fully saturated rings. The van der Waals surface area contributed by atoms with Crippen LogP contribution >= 0.6 is 0 Å². The number of ether oxygens (including phenoxy) is 1. The van der Waals surface area contributed by atoms with Gasteiger partial charge in [-0.1, -0.05) is 0 Å². The number of nitrogens with one attached hydrogen (secondary N) is 1. The molecular formula is C13H18N4O2. The van der Waals surface area contributed by atoms with Crippen LogP contribution in [-0.2, 0) is 4.74 Å². The van der Waals surface area contributed by atoms with Crippen LogP contribution in [0.2, 0.25) is 0 Å². The second-order valence-electron chi connectivity index (χ2n) is 5.11. The smallest absolute Gasteiger partial charge is 0.376 e. The summed E-state index contributed by atoms with van der Waals surface area (Å²) in [6.45, 7) is 2.21. The van der Waals surface area contributed by atoms with Crippen molar-refractivity contribution in [2.24, 2.45) is 0 Å². The maximum atomic E-state index is 11.4. The minimum Gasteiger partial charge on any atom is -0.463 e. The van der Waals surface area contributed by atoms with Crippen molar-refractivity contribution in [2.75, 3.05) is 25.5 Å². The summed E-state index contributed by atoms with van der Waals surface area (Å²) in [5, 5.41) is 3.37. The Bertz CT molecular complexity index is 475. The lowest BCUT2D eigenvalue weighted by Crippen LogP contribution is -2.28. The van der Waals surface area contributed by atoms with Crippen LogP contribution in [0.1, 0.15) is 29.9 Å². The number of anilines is 1. The molecule has 1 saturated carbocycles. The first-order valence-electron chi connectivity index (χ1n) is 6.68. The lowest BCUT2D eigenvalue weighted by atomic mass is 10.2. The molecule has 1 aromatic heterocycles. The van der Waals surface area contributed by atoms with E-state index in [2.05, 4.69) is 24.9 Å². The maximum absolute atomic E-state index is 11.4. The highest BCUT2D eigenvalue weighted by molar-refractivity contribution is 5.85. The molecule has 6 nitrogen and oxygen atoms in total. The number of rotatable bonds is 4. The summed E-state index contributed by atoms with van der Waals surface area (Å²) in [5.74, 6) is 0.289. The molecule has 1 aliphatic carbocycles. The summed E-state index contributed by atoms with van der Waals surface area (Å²) in [4.78, 5) is 22.0. The van der Waals surface area contributed by atoms with Gasteiger partial charge >= 0.3 is 5.97 Å². The molecule has 1 unspecified atom stereocenters. The zero-order valence-corrected chi connectivity index (χ0v) is 11.0. The number of carbonyl (C=O) groups excluding carboxylic acids is 1. The summed E-state index contributed by atoms with van der Waals surface area (Å²) in [5.41, 5.74) is 0. The average molecular weight is 262 g/mol. The first-order valence-corrected chi connectivity index (χ1v) is 6.68. The van der Waals surface area contributed by atoms with Crippen LogP contribution in [-0.4, -0.2) is 53.1 Å². The van der Waals surface area contributed by atoms with Crippen LogP contribution in [0.15, 0.2) is 12.3 Å². The number of methoxy groups -OCH3 is 1. The highest BCUT2D eigenvalue weighted by Crippen LogP contribution is 2.30. The van der Waals surface area contributed by atoms with E-state index in [1.54, 1.807) is 12.3 Å². The quantitative estimate of drug-likeness (QED) is 0.814. The molecule has 3 rings (SSSR count). The first kappa shape index (κ1) is 12.3. The van der Waals surface area contributed by atoms with E-state index in [1.807, 2.05) is 0 Å². The molecule has 1 aliphatic heterocycles. The van der Waals surface area contributed by atoms with Crippen LogP contribution in [0.3, 0.4) is 0 Å². The van der Waals surface area contributed by atoms with Crippen molar-refractivity contribution in [3.8, 4) is 0 Å². The largest absolute Gasteiger partial charge is 0.463 e. The Morgan fingerprint density at radius 1 is 1.47 bits per heavy atom. The average Bonchev–Trinajstić information content (AvgIpc) is 3.19. The summed E-state index contributed by atoms with van der Waals surface area (Å²) in [6, 6.07) is 3.00. The minimum absolute atomic E-state index is 0.101. The van der Waals surface area contributed by atoms with E-state index in [4.69, 9.17) is 0 Å². The summed E-state index contributed by atoms with van der Waals surface area (Å²) in [7, 11) is 1.33. The van der Waals surface area contributed by atoms with E-state index in [0.29, 0.717) is 11.9 Å². The molecule has 19 heavy (non-hydrogen) atoms. The molecule has 1 N–H and O–H groups in total. The fraction of sp³-hybridized carbons (Fsp3) is 0.615. The molecule has 2 heterocycles. The highest BCUT2D eigenvalue weighted by atomic mass is 16.5. The predicted octanol–water partition coefficient (Wildman–Crippen LogP) is 0.912. The lowest BCUT2D eigenvalue weighted by molar-refractivity contribution is 0.0587. The lowest BCUT2D eigenvalue weighted by Gasteiger charge is -2.16. The van der Waals surface area contributed by atoms with Gasteiger partial charge in [-0.15, -0.1) is 0 Å². The maximum Gasteiger partial charge on any atom is 0.376 e. The third kappa shape index (κ3) is 2.84. The van der Waals surface area contributed by atoms with Gasteiger partial charge in [-0.3, -0.25) is 4.90 Å². The van der Waals surface area contributed by atoms with Crippen molar-refractivity contribution in [3.63, 3.8) is 0 Å². The van der Waals surface area contributed by atoms with Gasteiger partial charge in [0.15, 0.2) is 0 Å². The van der Waals surface area contributed by atoms with E-state index in [0.717, 1.165) is 25.6 Å². The van der Waals surface area contributed by atoms with Gasteiger partial charge in [-0.25, -0.2) is 14.8 Å². The van der Waals surface area contributed by atoms with Gasteiger partial charge in [-0.2, -0.15) is 0 Å². The predicted molar refractivity (Wildman–Crippen MR) is 70.0 cm³/mol. The minimum atomic E-state index is -0.505. The molecule has 0 aromatic carbocycles. The number of hydrogen-bond donors (Lipinski definition) is 1. The van der Waals surface area contributed by atoms with Gasteiger partial charge < -0.3 is 10.1 Å². The molecule has 102 valence electrons. The van der Waals surface area contributed by atoms with E-state index in [9.17, 15) is 4.79 Å². The van der Waals surface area contributed by atoms with Crippen LogP contribution in [0.25, 0.3) is 0 Å². The van der Waals surface area contributed by atoms with Crippen molar-refractivity contribution >= 4 is 11.8 Å². The van der Waals surface area contributed by atoms with E-state index < -0.39 is 5.97 Å². The molecule has 0 bridgehead atoms. The number of aromatic nitrogens is 2. The number of likely N-dealkylation sites (tertiary alicyclic amines) is 1. The molecular weight excluding hydrogens is 244 g/mol. The molecule has 0 radical (unpaired) electrons. The third-order valence-electron chi connectivity index (χ3n) is 3.66. The first-order chi connectivity index (χ1) is 9.26. The fourth-order valence-electron chi connectivity index (χ4n) is 2.51. The monoisotopic (exact) mass is 262 g/mol. The zero-order valence-electron chi connectivity index (χ0n) is 11.0. The molecule has 1 aromatic rings. The van der Waals surface area contributed by atoms with Crippen molar-refractivity contribution in [2.45, 2.75) is 31.3 Å². The van der Waals surface area contributed by atoms with E-state index in [1.165, 1.54) is 20.0 Å². The van der Waals surface area contributed by atoms with Crippen molar-refractivity contribution in [1.29, 1.82) is 0 Å². The summed E-state index contributed by atoms with van der Waals surface area (Å²) in [6.07, 6.45) is 5.38. The van der Waals surface area contributed by atoms with Crippen molar-refractivity contribution in [3.05, 3.63) is 18.1 Å². The zero-order chi connectivity index (χ0) is 13.2. The number of esters is 1. The molecule has 0 spiro atoms. The third-order valence-corrected chi connectivity index (χ3v) is 3.66. The van der Waals surface area contributed by atoms with Crippen LogP contribution in [0.4, 0.5) is 5.82 Å². The Balaban J connectivity index is 1.61. The normalized spacial score (nSPS) is 23.3. The standard InChI is InChI=1S/C13H18N4O2/c1-19-13(18)12-14-6-4-11(16-12)15-9-5-7-17(8-9)10-2-3-10/h4,6,9-10H,2-3,5,7-8H2,1H3,(H,14,15,16). The molecule has 2 aliphatic rings. The van der Waals surface area contributed by atoms with E-state index >= 15 is 0 Å². The number of carbonyl (C=O) groups is 1. The van der Waals surface area contributed by atoms with Crippen LogP contribution < -0.4 is 5.32 Å². The Morgan fingerprint density at radius 2 is 2.32 bits per heavy atom. The molecule has 6 heteroatoms. The Labute approximate surface area is 112 Å². The number of hydrogen-bond acceptors (Lipinski definition) is 6. The van der Waals surface area contributed by atoms with Gasteiger partial charge in [-0.05, 0) is 25.3 Å².